The molecule has 4 rings (SSSR count). The third-order valence-corrected chi connectivity index (χ3v) is 5.69. The number of fused-ring (bicyclic) bond motifs is 2. The number of carbonyl (C=O) groups is 1. The molecule has 2 aromatic carbocycles. The number of rotatable bonds is 5. The summed E-state index contributed by atoms with van der Waals surface area (Å²) in [4.78, 5) is 30.1. The molecule has 1 aliphatic heterocycles. The normalized spacial score (nSPS) is 13.9. The van der Waals surface area contributed by atoms with Crippen molar-refractivity contribution in [3.8, 4) is 11.5 Å². The molecule has 0 unspecified atom stereocenters. The van der Waals surface area contributed by atoms with E-state index in [0.717, 1.165) is 0 Å². The zero-order valence-corrected chi connectivity index (χ0v) is 17.0. The van der Waals surface area contributed by atoms with E-state index in [1.165, 1.54) is 11.8 Å². The Morgan fingerprint density at radius 2 is 1.97 bits per heavy atom. The Morgan fingerprint density at radius 3 is 2.76 bits per heavy atom. The van der Waals surface area contributed by atoms with E-state index in [1.54, 1.807) is 41.8 Å². The van der Waals surface area contributed by atoms with Crippen molar-refractivity contribution in [3.05, 3.63) is 52.8 Å². The minimum absolute atomic E-state index is 0.0972. The van der Waals surface area contributed by atoms with Gasteiger partial charge in [0.25, 0.3) is 5.56 Å². The second kappa shape index (κ2) is 8.16. The molecule has 0 fully saturated rings. The van der Waals surface area contributed by atoms with E-state index in [4.69, 9.17) is 9.47 Å². The predicted molar refractivity (Wildman–Crippen MR) is 113 cm³/mol. The van der Waals surface area contributed by atoms with Gasteiger partial charge in [-0.1, -0.05) is 23.9 Å². The molecule has 0 radical (unpaired) electrons. The van der Waals surface area contributed by atoms with Gasteiger partial charge in [-0.15, -0.1) is 0 Å². The third kappa shape index (κ3) is 3.93. The maximum atomic E-state index is 12.7. The van der Waals surface area contributed by atoms with Crippen LogP contribution in [0.25, 0.3) is 10.9 Å². The van der Waals surface area contributed by atoms with Crippen molar-refractivity contribution in [3.63, 3.8) is 0 Å². The van der Waals surface area contributed by atoms with Crippen molar-refractivity contribution >= 4 is 34.3 Å². The van der Waals surface area contributed by atoms with Gasteiger partial charge in [-0.2, -0.15) is 0 Å². The Bertz CT molecular complexity index is 1130. The van der Waals surface area contributed by atoms with Crippen LogP contribution in [-0.2, 0) is 11.3 Å². The minimum atomic E-state index is -0.450. The number of anilines is 1. The number of aromatic nitrogens is 2. The second-order valence-electron chi connectivity index (χ2n) is 6.57. The summed E-state index contributed by atoms with van der Waals surface area (Å²) in [6, 6.07) is 12.5. The van der Waals surface area contributed by atoms with Crippen LogP contribution < -0.4 is 20.3 Å². The summed E-state index contributed by atoms with van der Waals surface area (Å²) in [5.41, 5.74) is 1.16. The molecule has 1 atom stereocenters. The van der Waals surface area contributed by atoms with E-state index in [2.05, 4.69) is 10.3 Å². The SMILES string of the molecule is CCn1c(S[C@@H](C)C(=O)Nc2ccc3c(c2)OCCO3)nc2ccccc2c1=O. The van der Waals surface area contributed by atoms with E-state index in [1.807, 2.05) is 19.1 Å². The summed E-state index contributed by atoms with van der Waals surface area (Å²) >= 11 is 1.26. The van der Waals surface area contributed by atoms with Crippen LogP contribution in [0.1, 0.15) is 13.8 Å². The van der Waals surface area contributed by atoms with Gasteiger partial charge in [-0.3, -0.25) is 14.2 Å². The molecule has 8 heteroatoms. The van der Waals surface area contributed by atoms with E-state index in [-0.39, 0.29) is 11.5 Å². The summed E-state index contributed by atoms with van der Waals surface area (Å²) in [5, 5.41) is 3.55. The fraction of sp³-hybridized carbons (Fsp3) is 0.286. The average molecular weight is 411 g/mol. The van der Waals surface area contributed by atoms with E-state index >= 15 is 0 Å². The highest BCUT2D eigenvalue weighted by molar-refractivity contribution is 8.00. The lowest BCUT2D eigenvalue weighted by atomic mass is 10.2. The third-order valence-electron chi connectivity index (χ3n) is 4.60. The zero-order chi connectivity index (χ0) is 20.4. The van der Waals surface area contributed by atoms with Crippen molar-refractivity contribution in [2.24, 2.45) is 0 Å². The molecule has 0 saturated carbocycles. The van der Waals surface area contributed by atoms with Crippen LogP contribution in [0, 0.1) is 0 Å². The lowest BCUT2D eigenvalue weighted by molar-refractivity contribution is -0.115. The van der Waals surface area contributed by atoms with Crippen molar-refractivity contribution in [2.45, 2.75) is 30.8 Å². The van der Waals surface area contributed by atoms with E-state index in [0.29, 0.717) is 53.0 Å². The molecule has 150 valence electrons. The summed E-state index contributed by atoms with van der Waals surface area (Å²) in [6.07, 6.45) is 0. The van der Waals surface area contributed by atoms with Crippen LogP contribution in [-0.4, -0.2) is 33.9 Å². The lowest BCUT2D eigenvalue weighted by Gasteiger charge is -2.19. The molecule has 1 aliphatic rings. The van der Waals surface area contributed by atoms with E-state index < -0.39 is 5.25 Å². The van der Waals surface area contributed by atoms with Gasteiger partial charge in [-0.25, -0.2) is 4.98 Å². The number of hydrogen-bond acceptors (Lipinski definition) is 6. The van der Waals surface area contributed by atoms with Gasteiger partial charge in [0.1, 0.15) is 13.2 Å². The van der Waals surface area contributed by atoms with Crippen LogP contribution in [0.3, 0.4) is 0 Å². The molecule has 1 aromatic heterocycles. The maximum absolute atomic E-state index is 12.7. The van der Waals surface area contributed by atoms with Crippen LogP contribution >= 0.6 is 11.8 Å². The average Bonchev–Trinajstić information content (AvgIpc) is 2.74. The first kappa shape index (κ1) is 19.3. The highest BCUT2D eigenvalue weighted by Gasteiger charge is 2.20. The number of hydrogen-bond donors (Lipinski definition) is 1. The number of carbonyl (C=O) groups excluding carboxylic acids is 1. The largest absolute Gasteiger partial charge is 0.486 e. The number of nitrogens with zero attached hydrogens (tertiary/aromatic N) is 2. The van der Waals surface area contributed by atoms with Gasteiger partial charge in [0.2, 0.25) is 5.91 Å². The van der Waals surface area contributed by atoms with Crippen molar-refractivity contribution in [2.75, 3.05) is 18.5 Å². The fourth-order valence-corrected chi connectivity index (χ4v) is 4.07. The first-order valence-corrected chi connectivity index (χ1v) is 10.3. The number of benzene rings is 2. The topological polar surface area (TPSA) is 82.5 Å². The fourth-order valence-electron chi connectivity index (χ4n) is 3.09. The van der Waals surface area contributed by atoms with Crippen molar-refractivity contribution in [1.82, 2.24) is 9.55 Å². The van der Waals surface area contributed by atoms with E-state index in [9.17, 15) is 9.59 Å². The molecular formula is C21H21N3O4S. The summed E-state index contributed by atoms with van der Waals surface area (Å²) in [6.45, 7) is 5.17. The Morgan fingerprint density at radius 1 is 1.21 bits per heavy atom. The highest BCUT2D eigenvalue weighted by Crippen LogP contribution is 2.33. The lowest BCUT2D eigenvalue weighted by Crippen LogP contribution is -2.26. The number of amides is 1. The smallest absolute Gasteiger partial charge is 0.262 e. The van der Waals surface area contributed by atoms with Gasteiger partial charge in [0, 0.05) is 18.3 Å². The Balaban J connectivity index is 1.54. The Hall–Kier alpha value is -3.00. The number of thioether (sulfide) groups is 1. The molecule has 0 aliphatic carbocycles. The monoisotopic (exact) mass is 411 g/mol. The molecule has 1 amide bonds. The summed E-state index contributed by atoms with van der Waals surface area (Å²) < 4.78 is 12.7. The van der Waals surface area contributed by atoms with Gasteiger partial charge < -0.3 is 14.8 Å². The zero-order valence-electron chi connectivity index (χ0n) is 16.2. The Labute approximate surface area is 172 Å². The van der Waals surface area contributed by atoms with Crippen LogP contribution in [0.2, 0.25) is 0 Å². The Kier molecular flexibility index (Phi) is 5.44. The quantitative estimate of drug-likeness (QED) is 0.512. The molecular weight excluding hydrogens is 390 g/mol. The van der Waals surface area contributed by atoms with Gasteiger partial charge in [0.05, 0.1) is 16.2 Å². The molecule has 0 saturated heterocycles. The predicted octanol–water partition coefficient (Wildman–Crippen LogP) is 3.31. The van der Waals surface area contributed by atoms with Crippen molar-refractivity contribution < 1.29 is 14.3 Å². The minimum Gasteiger partial charge on any atom is -0.486 e. The van der Waals surface area contributed by atoms with Crippen LogP contribution in [0.4, 0.5) is 5.69 Å². The summed E-state index contributed by atoms with van der Waals surface area (Å²) in [5.74, 6) is 1.10. The first-order valence-electron chi connectivity index (χ1n) is 9.43. The number of ether oxygens (including phenoxy) is 2. The second-order valence-corrected chi connectivity index (χ2v) is 7.88. The highest BCUT2D eigenvalue weighted by atomic mass is 32.2. The maximum Gasteiger partial charge on any atom is 0.262 e. The molecule has 2 heterocycles. The van der Waals surface area contributed by atoms with Gasteiger partial charge in [0.15, 0.2) is 16.7 Å². The standard InChI is InChI=1S/C21H21N3O4S/c1-3-24-20(26)15-6-4-5-7-16(15)23-21(24)29-13(2)19(25)22-14-8-9-17-18(12-14)28-11-10-27-17/h4-9,12-13H,3,10-11H2,1-2H3,(H,22,25)/t13-/m0/s1. The van der Waals surface area contributed by atoms with Crippen molar-refractivity contribution in [1.29, 1.82) is 0 Å². The number of nitrogens with one attached hydrogen (secondary N) is 1. The number of para-hydroxylation sites is 1. The summed E-state index contributed by atoms with van der Waals surface area (Å²) in [7, 11) is 0. The van der Waals surface area contributed by atoms with Crippen LogP contribution in [0.5, 0.6) is 11.5 Å². The van der Waals surface area contributed by atoms with Crippen LogP contribution in [0.15, 0.2) is 52.4 Å². The van der Waals surface area contributed by atoms with Gasteiger partial charge >= 0.3 is 0 Å². The first-order chi connectivity index (χ1) is 14.1. The molecule has 3 aromatic rings. The molecule has 7 nitrogen and oxygen atoms in total. The molecule has 0 spiro atoms. The molecule has 29 heavy (non-hydrogen) atoms. The molecule has 0 bridgehead atoms. The van der Waals surface area contributed by atoms with Gasteiger partial charge in [-0.05, 0) is 38.1 Å². The molecule has 1 N–H and O–H groups in total.